The molecule has 3 amide bonds. The van der Waals surface area contributed by atoms with E-state index in [1.165, 1.54) is 11.1 Å². The largest absolute Gasteiger partial charge is 0.493 e. The van der Waals surface area contributed by atoms with Crippen molar-refractivity contribution < 1.29 is 28.6 Å². The molecule has 314 valence electrons. The molecule has 0 saturated heterocycles. The predicted octanol–water partition coefficient (Wildman–Crippen LogP) is 9.99. The number of carbonyl (C=O) groups is 3. The number of hydrogen-bond acceptors (Lipinski definition) is 6. The number of fused-ring (bicyclic) bond motifs is 8. The zero-order chi connectivity index (χ0) is 42.6. The van der Waals surface area contributed by atoms with Crippen molar-refractivity contribution in [1.29, 1.82) is 0 Å². The van der Waals surface area contributed by atoms with Crippen LogP contribution in [0.2, 0.25) is 0 Å². The first-order valence-corrected chi connectivity index (χ1v) is 21.7. The van der Waals surface area contributed by atoms with Crippen LogP contribution in [-0.4, -0.2) is 44.0 Å². The minimum absolute atomic E-state index is 0.00811. The normalized spacial score (nSPS) is 17.6. The number of anilines is 3. The number of rotatable bonds is 10. The zero-order valence-corrected chi connectivity index (χ0v) is 36.2. The fourth-order valence-corrected chi connectivity index (χ4v) is 9.63. The highest BCUT2D eigenvalue weighted by Gasteiger charge is 2.39. The highest BCUT2D eigenvalue weighted by molar-refractivity contribution is 6.10. The molecule has 9 rings (SSSR count). The zero-order valence-electron chi connectivity index (χ0n) is 36.2. The minimum atomic E-state index is -0.00811. The second-order valence-corrected chi connectivity index (χ2v) is 18.4. The van der Waals surface area contributed by atoms with E-state index in [1.54, 1.807) is 12.0 Å². The van der Waals surface area contributed by atoms with Gasteiger partial charge in [0, 0.05) is 53.7 Å². The average molecular weight is 818 g/mol. The van der Waals surface area contributed by atoms with E-state index in [4.69, 9.17) is 14.2 Å². The van der Waals surface area contributed by atoms with Crippen molar-refractivity contribution in [2.45, 2.75) is 104 Å². The summed E-state index contributed by atoms with van der Waals surface area (Å²) in [6.45, 7) is 8.88. The van der Waals surface area contributed by atoms with E-state index < -0.39 is 0 Å². The van der Waals surface area contributed by atoms with E-state index in [0.717, 1.165) is 101 Å². The molecule has 61 heavy (non-hydrogen) atoms. The summed E-state index contributed by atoms with van der Waals surface area (Å²) in [5.41, 5.74) is 11.2. The number of amides is 3. The third-order valence-electron chi connectivity index (χ3n) is 13.0. The van der Waals surface area contributed by atoms with E-state index in [1.807, 2.05) is 90.5 Å². The van der Waals surface area contributed by atoms with Crippen LogP contribution in [0.1, 0.15) is 106 Å². The summed E-state index contributed by atoms with van der Waals surface area (Å²) >= 11 is 0. The lowest BCUT2D eigenvalue weighted by Gasteiger charge is -2.24. The van der Waals surface area contributed by atoms with Gasteiger partial charge < -0.3 is 28.9 Å². The van der Waals surface area contributed by atoms with Gasteiger partial charge in [0.1, 0.15) is 19.0 Å². The Hall–Kier alpha value is -6.09. The van der Waals surface area contributed by atoms with Crippen LogP contribution in [0.25, 0.3) is 0 Å². The Morgan fingerprint density at radius 3 is 1.77 bits per heavy atom. The maximum Gasteiger partial charge on any atom is 0.258 e. The summed E-state index contributed by atoms with van der Waals surface area (Å²) in [5.74, 6) is 1.88. The van der Waals surface area contributed by atoms with E-state index in [0.29, 0.717) is 23.5 Å². The molecule has 4 aliphatic heterocycles. The number of ether oxygens (including phenoxy) is 3. The van der Waals surface area contributed by atoms with Crippen LogP contribution < -0.4 is 28.9 Å². The molecule has 0 bridgehead atoms. The molecule has 9 nitrogen and oxygen atoms in total. The lowest BCUT2D eigenvalue weighted by atomic mass is 9.90. The second-order valence-electron chi connectivity index (χ2n) is 18.4. The Balaban J connectivity index is 0.969. The summed E-state index contributed by atoms with van der Waals surface area (Å²) in [7, 11) is 3.42. The minimum Gasteiger partial charge on any atom is -0.493 e. The van der Waals surface area contributed by atoms with E-state index in [-0.39, 0.29) is 48.4 Å². The van der Waals surface area contributed by atoms with Gasteiger partial charge in [-0.05, 0) is 151 Å². The van der Waals surface area contributed by atoms with Gasteiger partial charge in [-0.1, -0.05) is 57.2 Å². The van der Waals surface area contributed by atoms with Crippen LogP contribution >= 0.6 is 0 Å². The molecule has 0 fully saturated rings. The third kappa shape index (κ3) is 7.86. The van der Waals surface area contributed by atoms with E-state index in [9.17, 15) is 14.4 Å². The van der Waals surface area contributed by atoms with Gasteiger partial charge in [-0.3, -0.25) is 14.4 Å². The fraction of sp³-hybridized carbons (Fsp3) is 0.365. The summed E-state index contributed by atoms with van der Waals surface area (Å²) in [5, 5.41) is 0. The number of hydrogen-bond donors (Lipinski definition) is 0. The molecule has 4 heterocycles. The monoisotopic (exact) mass is 817 g/mol. The second kappa shape index (κ2) is 16.1. The molecule has 0 unspecified atom stereocenters. The van der Waals surface area contributed by atoms with Crippen molar-refractivity contribution in [3.8, 4) is 17.2 Å². The number of aryl methyl sites for hydroxylation is 3. The topological polar surface area (TPSA) is 88.6 Å². The van der Waals surface area contributed by atoms with Crippen LogP contribution in [0.15, 0.2) is 91.0 Å². The first-order valence-electron chi connectivity index (χ1n) is 21.7. The SMILES string of the molecule is COc1cc2c(cc1OCc1cc(COc3cc4c(cc3C)C(=O)N3c5ccccc5C[C@H]3CC4)cc(N(C)C(=O)CCC(C)(C)C)c1)CC[C@@H]1Cc3ccccc3N1C2=O. The molecule has 0 saturated carbocycles. The van der Waals surface area contributed by atoms with Gasteiger partial charge in [-0.25, -0.2) is 0 Å². The van der Waals surface area contributed by atoms with E-state index >= 15 is 0 Å². The molecular weight excluding hydrogens is 763 g/mol. The van der Waals surface area contributed by atoms with Crippen LogP contribution in [0.4, 0.5) is 17.1 Å². The van der Waals surface area contributed by atoms with Gasteiger partial charge in [0.05, 0.1) is 7.11 Å². The first kappa shape index (κ1) is 40.3. The Kier molecular flexibility index (Phi) is 10.6. The number of carbonyl (C=O) groups excluding carboxylic acids is 3. The molecule has 0 N–H and O–H groups in total. The quantitative estimate of drug-likeness (QED) is 0.140. The molecule has 2 atom stereocenters. The first-order chi connectivity index (χ1) is 29.3. The predicted molar refractivity (Wildman–Crippen MR) is 240 cm³/mol. The Bertz CT molecular complexity index is 2560. The standard InChI is InChI=1S/C52H55N3O6/c1-32-21-42-35(15-17-39-25-37-11-7-9-13-44(37)54(39)50(42)57)27-46(32)60-30-33-22-34(24-41(23-33)53(5)49(56)19-20-52(2,3)4)31-61-48-28-36-16-18-40-26-38-12-8-10-14-45(38)55(40)51(58)43(36)29-47(48)59-6/h7-14,21-24,27-29,39-40H,15-20,25-26,30-31H2,1-6H3/t39-,40-/m1/s1. The van der Waals surface area contributed by atoms with Crippen molar-refractivity contribution in [2.24, 2.45) is 5.41 Å². The van der Waals surface area contributed by atoms with Crippen molar-refractivity contribution in [3.63, 3.8) is 0 Å². The fourth-order valence-electron chi connectivity index (χ4n) is 9.63. The molecule has 5 aromatic carbocycles. The number of methoxy groups -OCH3 is 1. The highest BCUT2D eigenvalue weighted by Crippen LogP contribution is 2.42. The Morgan fingerprint density at radius 1 is 0.689 bits per heavy atom. The van der Waals surface area contributed by atoms with Gasteiger partial charge in [-0.15, -0.1) is 0 Å². The maximum absolute atomic E-state index is 14.1. The van der Waals surface area contributed by atoms with E-state index in [2.05, 4.69) is 45.0 Å². The Labute approximate surface area is 359 Å². The molecule has 0 aromatic heterocycles. The maximum atomic E-state index is 14.1. The van der Waals surface area contributed by atoms with Crippen LogP contribution in [0.5, 0.6) is 17.2 Å². The molecule has 0 spiro atoms. The van der Waals surface area contributed by atoms with Gasteiger partial charge in [0.2, 0.25) is 5.91 Å². The lowest BCUT2D eigenvalue weighted by molar-refractivity contribution is -0.118. The summed E-state index contributed by atoms with van der Waals surface area (Å²) in [4.78, 5) is 47.3. The van der Waals surface area contributed by atoms with Crippen LogP contribution in [-0.2, 0) is 43.7 Å². The molecule has 4 aliphatic rings. The van der Waals surface area contributed by atoms with Gasteiger partial charge in [0.25, 0.3) is 11.8 Å². The van der Waals surface area contributed by atoms with Crippen molar-refractivity contribution >= 4 is 34.8 Å². The van der Waals surface area contributed by atoms with Gasteiger partial charge in [-0.2, -0.15) is 0 Å². The summed E-state index contributed by atoms with van der Waals surface area (Å²) in [6.07, 6.45) is 6.21. The Morgan fingerprint density at radius 2 is 1.21 bits per heavy atom. The number of benzene rings is 5. The molecule has 0 aliphatic carbocycles. The molecule has 5 aromatic rings. The summed E-state index contributed by atoms with van der Waals surface area (Å²) in [6, 6.07) is 30.6. The summed E-state index contributed by atoms with van der Waals surface area (Å²) < 4.78 is 18.9. The third-order valence-corrected chi connectivity index (χ3v) is 13.0. The van der Waals surface area contributed by atoms with Gasteiger partial charge >= 0.3 is 0 Å². The average Bonchev–Trinajstić information content (AvgIpc) is 3.75. The van der Waals surface area contributed by atoms with Crippen molar-refractivity contribution in [2.75, 3.05) is 28.9 Å². The molecule has 9 heteroatoms. The van der Waals surface area contributed by atoms with Crippen molar-refractivity contribution in [1.82, 2.24) is 0 Å². The van der Waals surface area contributed by atoms with Gasteiger partial charge in [0.15, 0.2) is 11.5 Å². The lowest BCUT2D eigenvalue weighted by Crippen LogP contribution is -2.36. The van der Waals surface area contributed by atoms with Crippen LogP contribution in [0, 0.1) is 12.3 Å². The molecular formula is C52H55N3O6. The highest BCUT2D eigenvalue weighted by atomic mass is 16.5. The number of nitrogens with zero attached hydrogens (tertiary/aromatic N) is 3. The smallest absolute Gasteiger partial charge is 0.258 e. The molecule has 0 radical (unpaired) electrons. The van der Waals surface area contributed by atoms with Crippen molar-refractivity contribution in [3.05, 3.63) is 141 Å². The van der Waals surface area contributed by atoms with Crippen LogP contribution in [0.3, 0.4) is 0 Å². The number of para-hydroxylation sites is 2.